The van der Waals surface area contributed by atoms with Crippen molar-refractivity contribution in [1.29, 1.82) is 0 Å². The minimum atomic E-state index is -0.0177. The Morgan fingerprint density at radius 2 is 1.97 bits per heavy atom. The number of nitrogens with one attached hydrogen (secondary N) is 1. The Morgan fingerprint density at radius 3 is 2.79 bits per heavy atom. The molecule has 5 heteroatoms. The second-order valence-electron chi connectivity index (χ2n) is 7.30. The van der Waals surface area contributed by atoms with E-state index in [1.54, 1.807) is 0 Å². The van der Waals surface area contributed by atoms with E-state index in [0.29, 0.717) is 17.9 Å². The van der Waals surface area contributed by atoms with Crippen LogP contribution in [0, 0.1) is 13.8 Å². The first-order valence-electron chi connectivity index (χ1n) is 9.58. The number of fused-ring (bicyclic) bond motifs is 1. The zero-order valence-electron chi connectivity index (χ0n) is 16.4. The highest BCUT2D eigenvalue weighted by molar-refractivity contribution is 6.30. The smallest absolute Gasteiger partial charge is 0.224 e. The Kier molecular flexibility index (Phi) is 5.36. The molecule has 0 aliphatic carbocycles. The Labute approximate surface area is 175 Å². The molecule has 29 heavy (non-hydrogen) atoms. The van der Waals surface area contributed by atoms with Crippen LogP contribution in [0.5, 0.6) is 0 Å². The van der Waals surface area contributed by atoms with Crippen LogP contribution in [-0.2, 0) is 11.2 Å². The molecule has 4 aromatic rings. The second-order valence-corrected chi connectivity index (χ2v) is 7.74. The van der Waals surface area contributed by atoms with Crippen LogP contribution in [-0.4, -0.2) is 15.3 Å². The molecular formula is C24H22ClN3O. The molecule has 2 aromatic heterocycles. The number of carbonyl (C=O) groups excluding carboxylic acids is 1. The van der Waals surface area contributed by atoms with E-state index in [2.05, 4.69) is 24.4 Å². The second kappa shape index (κ2) is 8.10. The first-order chi connectivity index (χ1) is 14.0. The number of nitrogens with zero attached hydrogens (tertiary/aromatic N) is 2. The Hall–Kier alpha value is -3.11. The number of rotatable bonds is 5. The van der Waals surface area contributed by atoms with Crippen LogP contribution in [0.3, 0.4) is 0 Å². The number of aryl methyl sites for hydroxylation is 3. The first-order valence-corrected chi connectivity index (χ1v) is 9.96. The third-order valence-corrected chi connectivity index (χ3v) is 5.19. The highest BCUT2D eigenvalue weighted by Gasteiger charge is 2.10. The van der Waals surface area contributed by atoms with Crippen molar-refractivity contribution in [2.45, 2.75) is 26.7 Å². The summed E-state index contributed by atoms with van der Waals surface area (Å²) in [4.78, 5) is 17.2. The van der Waals surface area contributed by atoms with Gasteiger partial charge in [0.1, 0.15) is 5.65 Å². The van der Waals surface area contributed by atoms with Crippen molar-refractivity contribution in [2.75, 3.05) is 5.32 Å². The van der Waals surface area contributed by atoms with Gasteiger partial charge >= 0.3 is 0 Å². The molecule has 0 radical (unpaired) electrons. The van der Waals surface area contributed by atoms with Crippen LogP contribution in [0.2, 0.25) is 5.02 Å². The molecule has 4 rings (SSSR count). The highest BCUT2D eigenvalue weighted by atomic mass is 35.5. The topological polar surface area (TPSA) is 46.4 Å². The predicted octanol–water partition coefficient (Wildman–Crippen LogP) is 5.84. The van der Waals surface area contributed by atoms with Crippen molar-refractivity contribution >= 4 is 28.8 Å². The van der Waals surface area contributed by atoms with Crippen molar-refractivity contribution in [1.82, 2.24) is 9.38 Å². The zero-order valence-corrected chi connectivity index (χ0v) is 17.2. The van der Waals surface area contributed by atoms with Crippen molar-refractivity contribution in [3.8, 4) is 11.3 Å². The third-order valence-electron chi connectivity index (χ3n) is 4.95. The molecule has 0 aliphatic heterocycles. The first kappa shape index (κ1) is 19.2. The minimum absolute atomic E-state index is 0.0177. The van der Waals surface area contributed by atoms with E-state index in [0.717, 1.165) is 33.7 Å². The maximum atomic E-state index is 12.5. The maximum Gasteiger partial charge on any atom is 0.224 e. The van der Waals surface area contributed by atoms with Gasteiger partial charge in [-0.3, -0.25) is 4.79 Å². The summed E-state index contributed by atoms with van der Waals surface area (Å²) in [6.45, 7) is 4.04. The van der Waals surface area contributed by atoms with Gasteiger partial charge in [-0.25, -0.2) is 4.98 Å². The predicted molar refractivity (Wildman–Crippen MR) is 119 cm³/mol. The van der Waals surface area contributed by atoms with Gasteiger partial charge in [-0.2, -0.15) is 0 Å². The number of hydrogen-bond acceptors (Lipinski definition) is 2. The Morgan fingerprint density at radius 1 is 1.10 bits per heavy atom. The van der Waals surface area contributed by atoms with Gasteiger partial charge in [0, 0.05) is 35.1 Å². The summed E-state index contributed by atoms with van der Waals surface area (Å²) in [5.74, 6) is -0.0177. The lowest BCUT2D eigenvalue weighted by Crippen LogP contribution is -2.13. The van der Waals surface area contributed by atoms with Crippen molar-refractivity contribution < 1.29 is 4.79 Å². The molecule has 0 aliphatic rings. The van der Waals surface area contributed by atoms with E-state index in [-0.39, 0.29) is 5.91 Å². The average Bonchev–Trinajstić information content (AvgIpc) is 3.11. The van der Waals surface area contributed by atoms with Crippen LogP contribution in [0.4, 0.5) is 5.69 Å². The Balaban J connectivity index is 1.51. The molecule has 2 aromatic carbocycles. The number of aromatic nitrogens is 2. The molecule has 0 saturated heterocycles. The fourth-order valence-corrected chi connectivity index (χ4v) is 3.51. The fourth-order valence-electron chi connectivity index (χ4n) is 3.30. The van der Waals surface area contributed by atoms with Crippen LogP contribution in [0.15, 0.2) is 67.0 Å². The maximum absolute atomic E-state index is 12.5. The molecule has 0 bridgehead atoms. The van der Waals surface area contributed by atoms with Crippen LogP contribution in [0.25, 0.3) is 16.9 Å². The lowest BCUT2D eigenvalue weighted by atomic mass is 10.1. The van der Waals surface area contributed by atoms with Gasteiger partial charge < -0.3 is 9.72 Å². The molecule has 0 fully saturated rings. The quantitative estimate of drug-likeness (QED) is 0.454. The number of hydrogen-bond donors (Lipinski definition) is 1. The van der Waals surface area contributed by atoms with Crippen LogP contribution < -0.4 is 5.32 Å². The van der Waals surface area contributed by atoms with Gasteiger partial charge in [0.2, 0.25) is 5.91 Å². The van der Waals surface area contributed by atoms with Crippen LogP contribution in [0.1, 0.15) is 23.1 Å². The van der Waals surface area contributed by atoms with Gasteiger partial charge in [0.25, 0.3) is 0 Å². The van der Waals surface area contributed by atoms with E-state index >= 15 is 0 Å². The number of imidazole rings is 1. The average molecular weight is 404 g/mol. The largest absolute Gasteiger partial charge is 0.326 e. The lowest BCUT2D eigenvalue weighted by Gasteiger charge is -2.10. The summed E-state index contributed by atoms with van der Waals surface area (Å²) in [6.07, 6.45) is 5.06. The van der Waals surface area contributed by atoms with Gasteiger partial charge in [0.15, 0.2) is 0 Å². The monoisotopic (exact) mass is 403 g/mol. The number of anilines is 1. The fraction of sp³-hybridized carbons (Fsp3) is 0.167. The van der Waals surface area contributed by atoms with E-state index in [1.165, 1.54) is 5.56 Å². The molecule has 0 unspecified atom stereocenters. The molecule has 1 amide bonds. The molecule has 4 nitrogen and oxygen atoms in total. The van der Waals surface area contributed by atoms with Gasteiger partial charge in [-0.1, -0.05) is 35.9 Å². The van der Waals surface area contributed by atoms with E-state index in [9.17, 15) is 4.79 Å². The van der Waals surface area contributed by atoms with E-state index < -0.39 is 0 Å². The van der Waals surface area contributed by atoms with Gasteiger partial charge in [-0.05, 0) is 67.3 Å². The number of pyridine rings is 1. The minimum Gasteiger partial charge on any atom is -0.326 e. The zero-order chi connectivity index (χ0) is 20.4. The molecule has 0 spiro atoms. The van der Waals surface area contributed by atoms with E-state index in [4.69, 9.17) is 16.6 Å². The summed E-state index contributed by atoms with van der Waals surface area (Å²) < 4.78 is 2.01. The summed E-state index contributed by atoms with van der Waals surface area (Å²) in [5, 5.41) is 3.73. The summed E-state index contributed by atoms with van der Waals surface area (Å²) in [7, 11) is 0. The number of benzene rings is 2. The van der Waals surface area contributed by atoms with E-state index in [1.807, 2.05) is 66.2 Å². The number of amides is 1. The van der Waals surface area contributed by atoms with Crippen LogP contribution >= 0.6 is 11.6 Å². The number of halogens is 1. The molecule has 0 atom stereocenters. The molecular weight excluding hydrogens is 382 g/mol. The molecule has 1 N–H and O–H groups in total. The lowest BCUT2D eigenvalue weighted by molar-refractivity contribution is -0.116. The standard InChI is InChI=1S/C24H22ClN3O/c1-16-10-11-28-15-22(26-23(28)12-16)19-8-6-17(2)21(14-19)27-24(29)9-7-18-4-3-5-20(25)13-18/h3-6,8,10-15H,7,9H2,1-2H3,(H,27,29). The SMILES string of the molecule is Cc1ccn2cc(-c3ccc(C)c(NC(=O)CCc4cccc(Cl)c4)c3)nc2c1. The van der Waals surface area contributed by atoms with Crippen molar-refractivity contribution in [2.24, 2.45) is 0 Å². The third kappa shape index (κ3) is 4.49. The van der Waals surface area contributed by atoms with Gasteiger partial charge in [0.05, 0.1) is 5.69 Å². The summed E-state index contributed by atoms with van der Waals surface area (Å²) in [6, 6.07) is 17.8. The van der Waals surface area contributed by atoms with Crippen molar-refractivity contribution in [3.63, 3.8) is 0 Å². The van der Waals surface area contributed by atoms with Gasteiger partial charge in [-0.15, -0.1) is 0 Å². The highest BCUT2D eigenvalue weighted by Crippen LogP contribution is 2.26. The molecule has 0 saturated carbocycles. The summed E-state index contributed by atoms with van der Waals surface area (Å²) >= 11 is 6.02. The summed E-state index contributed by atoms with van der Waals surface area (Å²) in [5.41, 5.74) is 6.82. The number of carbonyl (C=O) groups is 1. The normalized spacial score (nSPS) is 11.0. The van der Waals surface area contributed by atoms with Crippen molar-refractivity contribution in [3.05, 3.63) is 88.7 Å². The molecule has 2 heterocycles. The Bertz CT molecular complexity index is 1200. The molecule has 146 valence electrons.